The molecule has 0 unspecified atom stereocenters. The molecule has 0 radical (unpaired) electrons. The Morgan fingerprint density at radius 2 is 2.06 bits per heavy atom. The quantitative estimate of drug-likeness (QED) is 0.838. The van der Waals surface area contributed by atoms with Gasteiger partial charge >= 0.3 is 0 Å². The van der Waals surface area contributed by atoms with E-state index in [1.165, 1.54) is 5.56 Å². The van der Waals surface area contributed by atoms with Gasteiger partial charge in [0, 0.05) is 11.1 Å². The van der Waals surface area contributed by atoms with E-state index in [9.17, 15) is 4.79 Å². The summed E-state index contributed by atoms with van der Waals surface area (Å²) < 4.78 is 0. The molecule has 2 heteroatoms. The van der Waals surface area contributed by atoms with Crippen LogP contribution < -0.4 is 5.56 Å². The van der Waals surface area contributed by atoms with Gasteiger partial charge in [0.2, 0.25) is 0 Å². The third-order valence-corrected chi connectivity index (χ3v) is 2.88. The minimum absolute atomic E-state index is 0.0600. The van der Waals surface area contributed by atoms with Gasteiger partial charge in [-0.15, -0.1) is 0 Å². The standard InChI is InChI=1S/C14H17NO/c1-3-4-5-11-9-12-8-10(2)6-7-13(12)15-14(11)16/h6-9H,3-5H2,1-2H3,(H,15,16). The van der Waals surface area contributed by atoms with Gasteiger partial charge < -0.3 is 4.98 Å². The van der Waals surface area contributed by atoms with Crippen LogP contribution in [0.5, 0.6) is 0 Å². The van der Waals surface area contributed by atoms with E-state index in [1.807, 2.05) is 18.2 Å². The van der Waals surface area contributed by atoms with Crippen LogP contribution in [0.25, 0.3) is 10.9 Å². The molecular weight excluding hydrogens is 198 g/mol. The zero-order chi connectivity index (χ0) is 11.5. The molecule has 1 aromatic carbocycles. The van der Waals surface area contributed by atoms with Crippen molar-refractivity contribution in [2.75, 3.05) is 0 Å². The molecule has 2 aromatic rings. The number of benzene rings is 1. The molecule has 0 saturated heterocycles. The second-order valence-electron chi connectivity index (χ2n) is 4.32. The molecule has 0 atom stereocenters. The van der Waals surface area contributed by atoms with Crippen molar-refractivity contribution in [3.8, 4) is 0 Å². The molecule has 16 heavy (non-hydrogen) atoms. The van der Waals surface area contributed by atoms with Gasteiger partial charge in [-0.2, -0.15) is 0 Å². The summed E-state index contributed by atoms with van der Waals surface area (Å²) in [5.74, 6) is 0. The van der Waals surface area contributed by atoms with E-state index in [2.05, 4.69) is 24.9 Å². The van der Waals surface area contributed by atoms with Crippen LogP contribution in [0.15, 0.2) is 29.1 Å². The fourth-order valence-corrected chi connectivity index (χ4v) is 1.92. The molecule has 0 fully saturated rings. The lowest BCUT2D eigenvalue weighted by Gasteiger charge is -2.03. The molecule has 0 amide bonds. The minimum atomic E-state index is 0.0600. The first-order valence-corrected chi connectivity index (χ1v) is 5.83. The lowest BCUT2D eigenvalue weighted by molar-refractivity contribution is 0.788. The molecular formula is C14H17NO. The summed E-state index contributed by atoms with van der Waals surface area (Å²) in [6, 6.07) is 8.12. The molecule has 0 bridgehead atoms. The zero-order valence-electron chi connectivity index (χ0n) is 9.84. The molecule has 0 aliphatic heterocycles. The van der Waals surface area contributed by atoms with Gasteiger partial charge in [0.15, 0.2) is 0 Å². The van der Waals surface area contributed by atoms with E-state index < -0.39 is 0 Å². The van der Waals surface area contributed by atoms with Crippen molar-refractivity contribution in [3.63, 3.8) is 0 Å². The van der Waals surface area contributed by atoms with Crippen LogP contribution in [0.1, 0.15) is 30.9 Å². The highest BCUT2D eigenvalue weighted by Gasteiger charge is 2.02. The number of unbranched alkanes of at least 4 members (excludes halogenated alkanes) is 1. The minimum Gasteiger partial charge on any atom is -0.322 e. The van der Waals surface area contributed by atoms with Crippen molar-refractivity contribution in [2.45, 2.75) is 33.1 Å². The molecule has 1 aromatic heterocycles. The van der Waals surface area contributed by atoms with Crippen molar-refractivity contribution in [1.29, 1.82) is 0 Å². The monoisotopic (exact) mass is 215 g/mol. The van der Waals surface area contributed by atoms with Gasteiger partial charge in [-0.25, -0.2) is 0 Å². The Bertz CT molecular complexity index is 554. The van der Waals surface area contributed by atoms with E-state index >= 15 is 0 Å². The van der Waals surface area contributed by atoms with E-state index in [0.29, 0.717) is 0 Å². The smallest absolute Gasteiger partial charge is 0.251 e. The van der Waals surface area contributed by atoms with Crippen LogP contribution in [-0.4, -0.2) is 4.98 Å². The number of aromatic nitrogens is 1. The Balaban J connectivity index is 2.51. The Hall–Kier alpha value is -1.57. The number of aromatic amines is 1. The van der Waals surface area contributed by atoms with Gasteiger partial charge in [-0.3, -0.25) is 4.79 Å². The Kier molecular flexibility index (Phi) is 3.09. The van der Waals surface area contributed by atoms with Crippen LogP contribution in [0.4, 0.5) is 0 Å². The van der Waals surface area contributed by atoms with Gasteiger partial charge in [0.1, 0.15) is 0 Å². The number of hydrogen-bond acceptors (Lipinski definition) is 1. The summed E-state index contributed by atoms with van der Waals surface area (Å²) in [5, 5.41) is 1.13. The van der Waals surface area contributed by atoms with Gasteiger partial charge in [0.25, 0.3) is 5.56 Å². The number of H-pyrrole nitrogens is 1. The number of rotatable bonds is 3. The lowest BCUT2D eigenvalue weighted by Crippen LogP contribution is -2.12. The zero-order valence-corrected chi connectivity index (χ0v) is 9.84. The van der Waals surface area contributed by atoms with Crippen LogP contribution in [0.2, 0.25) is 0 Å². The largest absolute Gasteiger partial charge is 0.322 e. The Morgan fingerprint density at radius 3 is 2.81 bits per heavy atom. The predicted molar refractivity (Wildman–Crippen MR) is 67.9 cm³/mol. The van der Waals surface area contributed by atoms with Crippen LogP contribution in [0.3, 0.4) is 0 Å². The number of fused-ring (bicyclic) bond motifs is 1. The molecule has 0 spiro atoms. The topological polar surface area (TPSA) is 32.9 Å². The average molecular weight is 215 g/mol. The van der Waals surface area contributed by atoms with Crippen molar-refractivity contribution in [3.05, 3.63) is 45.7 Å². The maximum absolute atomic E-state index is 11.8. The molecule has 2 rings (SSSR count). The molecule has 0 aliphatic rings. The summed E-state index contributed by atoms with van der Waals surface area (Å²) in [4.78, 5) is 14.7. The van der Waals surface area contributed by atoms with Crippen molar-refractivity contribution in [2.24, 2.45) is 0 Å². The van der Waals surface area contributed by atoms with Gasteiger partial charge in [-0.1, -0.05) is 25.0 Å². The van der Waals surface area contributed by atoms with E-state index in [0.717, 1.165) is 35.7 Å². The van der Waals surface area contributed by atoms with Gasteiger partial charge in [0.05, 0.1) is 0 Å². The van der Waals surface area contributed by atoms with E-state index in [4.69, 9.17) is 0 Å². The third kappa shape index (κ3) is 2.16. The Morgan fingerprint density at radius 1 is 1.25 bits per heavy atom. The summed E-state index contributed by atoms with van der Waals surface area (Å²) in [7, 11) is 0. The first-order valence-electron chi connectivity index (χ1n) is 5.83. The van der Waals surface area contributed by atoms with Gasteiger partial charge in [-0.05, 0) is 43.4 Å². The highest BCUT2D eigenvalue weighted by atomic mass is 16.1. The molecule has 1 heterocycles. The normalized spacial score (nSPS) is 10.9. The molecule has 0 aliphatic carbocycles. The van der Waals surface area contributed by atoms with E-state index in [-0.39, 0.29) is 5.56 Å². The lowest BCUT2D eigenvalue weighted by atomic mass is 10.1. The van der Waals surface area contributed by atoms with Crippen LogP contribution in [0, 0.1) is 6.92 Å². The molecule has 84 valence electrons. The van der Waals surface area contributed by atoms with Crippen LogP contribution in [-0.2, 0) is 6.42 Å². The molecule has 1 N–H and O–H groups in total. The fraction of sp³-hybridized carbons (Fsp3) is 0.357. The van der Waals surface area contributed by atoms with E-state index in [1.54, 1.807) is 0 Å². The summed E-state index contributed by atoms with van der Waals surface area (Å²) >= 11 is 0. The highest BCUT2D eigenvalue weighted by Crippen LogP contribution is 2.14. The Labute approximate surface area is 95.3 Å². The summed E-state index contributed by atoms with van der Waals surface area (Å²) in [6.07, 6.45) is 3.06. The molecule has 2 nitrogen and oxygen atoms in total. The highest BCUT2D eigenvalue weighted by molar-refractivity contribution is 5.79. The fourth-order valence-electron chi connectivity index (χ4n) is 1.92. The first-order chi connectivity index (χ1) is 7.70. The first kappa shape index (κ1) is 10.9. The predicted octanol–water partition coefficient (Wildman–Crippen LogP) is 3.18. The number of nitrogens with one attached hydrogen (secondary N) is 1. The SMILES string of the molecule is CCCCc1cc2cc(C)ccc2[nH]c1=O. The number of aryl methyl sites for hydroxylation is 2. The third-order valence-electron chi connectivity index (χ3n) is 2.88. The van der Waals surface area contributed by atoms with Crippen molar-refractivity contribution in [1.82, 2.24) is 4.98 Å². The second-order valence-corrected chi connectivity index (χ2v) is 4.32. The number of hydrogen-bond donors (Lipinski definition) is 1. The van der Waals surface area contributed by atoms with Crippen LogP contribution >= 0.6 is 0 Å². The molecule has 0 saturated carbocycles. The summed E-state index contributed by atoms with van der Waals surface area (Å²) in [5.41, 5.74) is 3.11. The van der Waals surface area contributed by atoms with Crippen molar-refractivity contribution < 1.29 is 0 Å². The van der Waals surface area contributed by atoms with Crippen molar-refractivity contribution >= 4 is 10.9 Å². The average Bonchev–Trinajstić information content (AvgIpc) is 2.27. The second kappa shape index (κ2) is 4.52. The summed E-state index contributed by atoms with van der Waals surface area (Å²) in [6.45, 7) is 4.20. The number of pyridine rings is 1. The maximum Gasteiger partial charge on any atom is 0.251 e. The maximum atomic E-state index is 11.8.